The van der Waals surface area contributed by atoms with Crippen molar-refractivity contribution in [3.63, 3.8) is 0 Å². The Balaban J connectivity index is 2.43. The highest BCUT2D eigenvalue weighted by Crippen LogP contribution is 2.19. The predicted molar refractivity (Wildman–Crippen MR) is 201 cm³/mol. The van der Waals surface area contributed by atoms with E-state index in [1.807, 2.05) is 13.8 Å². The first-order valence-electron chi connectivity index (χ1n) is 18.8. The highest BCUT2D eigenvalue weighted by Gasteiger charge is 2.33. The lowest BCUT2D eigenvalue weighted by molar-refractivity contribution is -0.144. The maximum atomic E-state index is 14.0. The number of carbonyl (C=O) groups is 6. The minimum absolute atomic E-state index is 0.00579. The number of ketones is 1. The zero-order valence-corrected chi connectivity index (χ0v) is 31.2. The number of carbonyl (C=O) groups excluding carboxylic acids is 5. The minimum atomic E-state index is -1.21. The van der Waals surface area contributed by atoms with Gasteiger partial charge in [-0.2, -0.15) is 0 Å². The third kappa shape index (κ3) is 16.9. The molecule has 15 heteroatoms. The Morgan fingerprint density at radius 2 is 1.36 bits per heavy atom. The summed E-state index contributed by atoms with van der Waals surface area (Å²) in [5, 5.41) is 30.6. The van der Waals surface area contributed by atoms with Gasteiger partial charge in [-0.05, 0) is 88.1 Å². The summed E-state index contributed by atoms with van der Waals surface area (Å²) in [6.07, 6.45) is 7.85. The van der Waals surface area contributed by atoms with Crippen LogP contribution in [0.2, 0.25) is 0 Å². The van der Waals surface area contributed by atoms with E-state index in [-0.39, 0.29) is 50.2 Å². The molecular weight excluding hydrogens is 682 g/mol. The van der Waals surface area contributed by atoms with Gasteiger partial charge < -0.3 is 48.7 Å². The summed E-state index contributed by atoms with van der Waals surface area (Å²) in [7, 11) is 0. The largest absolute Gasteiger partial charge is 0.508 e. The molecule has 2 rings (SSSR count). The Kier molecular flexibility index (Phi) is 20.4. The molecule has 0 saturated heterocycles. The Bertz CT molecular complexity index is 1370. The molecule has 0 bridgehead atoms. The van der Waals surface area contributed by atoms with E-state index < -0.39 is 71.5 Å². The number of carboxylic acids is 1. The van der Waals surface area contributed by atoms with Crippen molar-refractivity contribution in [2.75, 3.05) is 13.1 Å². The molecule has 1 aromatic rings. The summed E-state index contributed by atoms with van der Waals surface area (Å²) in [4.78, 5) is 80.2. The number of amides is 4. The van der Waals surface area contributed by atoms with Gasteiger partial charge in [0.05, 0.1) is 18.0 Å². The fourth-order valence-corrected chi connectivity index (χ4v) is 6.12. The molecule has 0 aromatic heterocycles. The van der Waals surface area contributed by atoms with Crippen LogP contribution in [-0.4, -0.2) is 88.9 Å². The summed E-state index contributed by atoms with van der Waals surface area (Å²) < 4.78 is 0. The predicted octanol–water partition coefficient (Wildman–Crippen LogP) is 1.30. The number of hydrogen-bond donors (Lipinski definition) is 9. The van der Waals surface area contributed by atoms with E-state index in [1.165, 1.54) is 12.1 Å². The number of unbranched alkanes of at least 4 members (excludes halogenated alkanes) is 4. The molecule has 1 aromatic carbocycles. The van der Waals surface area contributed by atoms with Crippen LogP contribution < -0.4 is 38.5 Å². The molecule has 0 aliphatic carbocycles. The van der Waals surface area contributed by atoms with Gasteiger partial charge in [0.1, 0.15) is 23.9 Å². The van der Waals surface area contributed by atoms with Crippen molar-refractivity contribution in [1.29, 1.82) is 0 Å². The highest BCUT2D eigenvalue weighted by molar-refractivity contribution is 5.96. The zero-order chi connectivity index (χ0) is 39.3. The first-order chi connectivity index (χ1) is 25.2. The van der Waals surface area contributed by atoms with Crippen LogP contribution in [0.25, 0.3) is 0 Å². The van der Waals surface area contributed by atoms with Gasteiger partial charge in [0.2, 0.25) is 23.6 Å². The smallest absolute Gasteiger partial charge is 0.306 e. The van der Waals surface area contributed by atoms with Crippen molar-refractivity contribution in [2.24, 2.45) is 29.0 Å². The number of aromatic hydroxyl groups is 1. The van der Waals surface area contributed by atoms with Crippen LogP contribution in [-0.2, 0) is 35.2 Å². The average molecular weight is 744 g/mol. The monoisotopic (exact) mass is 743 g/mol. The second kappa shape index (κ2) is 24.1. The molecule has 0 unspecified atom stereocenters. The van der Waals surface area contributed by atoms with Gasteiger partial charge in [-0.15, -0.1) is 0 Å². The number of phenols is 1. The number of rotatable bonds is 20. The molecule has 53 heavy (non-hydrogen) atoms. The van der Waals surface area contributed by atoms with Crippen molar-refractivity contribution in [3.8, 4) is 5.75 Å². The van der Waals surface area contributed by atoms with Crippen LogP contribution in [0.3, 0.4) is 0 Å². The first-order valence-corrected chi connectivity index (χ1v) is 18.8. The topological polar surface area (TPSA) is 269 Å². The van der Waals surface area contributed by atoms with E-state index in [0.717, 1.165) is 12.8 Å². The average Bonchev–Trinajstić information content (AvgIpc) is 3.11. The van der Waals surface area contributed by atoms with Crippen LogP contribution >= 0.6 is 0 Å². The van der Waals surface area contributed by atoms with Crippen LogP contribution in [0.4, 0.5) is 0 Å². The van der Waals surface area contributed by atoms with E-state index in [2.05, 4.69) is 21.3 Å². The lowest BCUT2D eigenvalue weighted by Gasteiger charge is -2.27. The Labute approximate surface area is 312 Å². The molecule has 4 amide bonds. The molecule has 0 spiro atoms. The summed E-state index contributed by atoms with van der Waals surface area (Å²) in [5.74, 6) is -4.96. The molecule has 1 aliphatic rings. The number of Topliss-reactive ketones (excluding diaryl/α,β-unsaturated/α-hetero) is 1. The van der Waals surface area contributed by atoms with Gasteiger partial charge in [0, 0.05) is 6.42 Å². The third-order valence-electron chi connectivity index (χ3n) is 9.19. The van der Waals surface area contributed by atoms with E-state index in [1.54, 1.807) is 24.3 Å². The molecule has 296 valence electrons. The fourth-order valence-electron chi connectivity index (χ4n) is 6.12. The number of nitrogens with one attached hydrogen (secondary N) is 4. The third-order valence-corrected chi connectivity index (χ3v) is 9.19. The van der Waals surface area contributed by atoms with Gasteiger partial charge in [0.15, 0.2) is 5.78 Å². The standard InChI is InChI=1S/C38H61N7O8/c1-24(2)21-26(38(52)53)23-33(47)32(22-25-15-17-27(46)18-16-25)45-37(51)31-14-8-7-11-28(41)34(48)42-29(12-5-3-9-19-39)35(49)43-30(36(50)44-31)13-6-4-10-20-40/h7-8,15-18,24,26,28-32,46H,3-6,9-14,19-23,39-41H2,1-2H3,(H,42,48)(H,43,49)(H,44,50)(H,45,51)(H,52,53)/t26-,28+,29+,30+,31+,32+/m1/s1. The van der Waals surface area contributed by atoms with E-state index >= 15 is 0 Å². The molecule has 1 heterocycles. The summed E-state index contributed by atoms with van der Waals surface area (Å²) in [6, 6.07) is 0.731. The molecule has 0 saturated carbocycles. The second-order valence-corrected chi connectivity index (χ2v) is 14.3. The summed E-state index contributed by atoms with van der Waals surface area (Å²) in [5.41, 5.74) is 18.0. The lowest BCUT2D eigenvalue weighted by atomic mass is 9.89. The maximum Gasteiger partial charge on any atom is 0.306 e. The Hall–Kier alpha value is -4.34. The van der Waals surface area contributed by atoms with Crippen molar-refractivity contribution >= 4 is 35.4 Å². The van der Waals surface area contributed by atoms with Crippen LogP contribution in [0, 0.1) is 11.8 Å². The molecule has 1 aliphatic heterocycles. The van der Waals surface area contributed by atoms with Gasteiger partial charge in [-0.25, -0.2) is 0 Å². The van der Waals surface area contributed by atoms with Crippen LogP contribution in [0.15, 0.2) is 36.4 Å². The Morgan fingerprint density at radius 3 is 1.91 bits per heavy atom. The number of benzene rings is 1. The fraction of sp³-hybridized carbons (Fsp3) is 0.632. The zero-order valence-electron chi connectivity index (χ0n) is 31.2. The molecule has 12 N–H and O–H groups in total. The Morgan fingerprint density at radius 1 is 0.811 bits per heavy atom. The number of aliphatic carboxylic acids is 1. The second-order valence-electron chi connectivity index (χ2n) is 14.3. The van der Waals surface area contributed by atoms with Crippen LogP contribution in [0.5, 0.6) is 5.75 Å². The van der Waals surface area contributed by atoms with Crippen molar-refractivity contribution in [3.05, 3.63) is 42.0 Å². The van der Waals surface area contributed by atoms with Gasteiger partial charge in [-0.1, -0.05) is 63.8 Å². The molecule has 6 atom stereocenters. The quantitative estimate of drug-likeness (QED) is 0.0678. The summed E-state index contributed by atoms with van der Waals surface area (Å²) >= 11 is 0. The van der Waals surface area contributed by atoms with E-state index in [4.69, 9.17) is 17.2 Å². The van der Waals surface area contributed by atoms with E-state index in [0.29, 0.717) is 50.8 Å². The van der Waals surface area contributed by atoms with Gasteiger partial charge >= 0.3 is 5.97 Å². The molecule has 0 fully saturated rings. The SMILES string of the molecule is CC(C)C[C@H](CC(=O)[C@H](Cc1ccc(O)cc1)NC(=O)[C@@H]1CC=CC[C@H](N)C(=O)N[C@@H](CCCCCN)C(=O)N[C@@H](CCCCCN)C(=O)N1)C(=O)O. The van der Waals surface area contributed by atoms with Crippen molar-refractivity contribution in [1.82, 2.24) is 21.3 Å². The molecular formula is C38H61N7O8. The van der Waals surface area contributed by atoms with Crippen LogP contribution in [0.1, 0.15) is 96.5 Å². The van der Waals surface area contributed by atoms with Gasteiger partial charge in [-0.3, -0.25) is 28.8 Å². The molecule has 15 nitrogen and oxygen atoms in total. The van der Waals surface area contributed by atoms with E-state index in [9.17, 15) is 39.0 Å². The number of nitrogens with two attached hydrogens (primary N) is 3. The van der Waals surface area contributed by atoms with Crippen molar-refractivity contribution < 1.29 is 39.0 Å². The number of phenolic OH excluding ortho intramolecular Hbond substituents is 1. The summed E-state index contributed by atoms with van der Waals surface area (Å²) in [6.45, 7) is 4.67. The maximum absolute atomic E-state index is 14.0. The molecule has 0 radical (unpaired) electrons. The highest BCUT2D eigenvalue weighted by atomic mass is 16.4. The number of carboxylic acid groups (broad SMARTS) is 1. The minimum Gasteiger partial charge on any atom is -0.508 e. The normalized spacial score (nSPS) is 21.1. The van der Waals surface area contributed by atoms with Crippen molar-refractivity contribution in [2.45, 2.75) is 128 Å². The van der Waals surface area contributed by atoms with Gasteiger partial charge in [0.25, 0.3) is 0 Å². The first kappa shape index (κ1) is 44.8. The number of hydrogen-bond acceptors (Lipinski definition) is 10. The lowest BCUT2D eigenvalue weighted by Crippen LogP contribution is -2.58.